The van der Waals surface area contributed by atoms with E-state index in [1.165, 1.54) is 6.07 Å². The van der Waals surface area contributed by atoms with Gasteiger partial charge in [-0.25, -0.2) is 4.79 Å². The van der Waals surface area contributed by atoms with Gasteiger partial charge in [0, 0.05) is 12.2 Å². The van der Waals surface area contributed by atoms with E-state index in [2.05, 4.69) is 0 Å². The van der Waals surface area contributed by atoms with Crippen molar-refractivity contribution in [3.8, 4) is 0 Å². The Hall–Kier alpha value is -1.88. The second-order valence-electron chi connectivity index (χ2n) is 5.43. The molecule has 2 N–H and O–H groups in total. The number of hydrogen-bond donors (Lipinski definition) is 2. The van der Waals surface area contributed by atoms with Crippen LogP contribution in [-0.4, -0.2) is 34.2 Å². The molecule has 1 aromatic rings. The van der Waals surface area contributed by atoms with E-state index < -0.39 is 11.6 Å². The lowest BCUT2D eigenvalue weighted by Crippen LogP contribution is -2.33. The average molecular weight is 263 g/mol. The topological polar surface area (TPSA) is 77.8 Å². The van der Waals surface area contributed by atoms with Crippen molar-refractivity contribution in [3.05, 3.63) is 29.3 Å². The first-order chi connectivity index (χ1) is 8.78. The van der Waals surface area contributed by atoms with E-state index in [1.54, 1.807) is 30.9 Å². The van der Waals surface area contributed by atoms with Crippen LogP contribution in [0, 0.1) is 0 Å². The Morgan fingerprint density at radius 1 is 1.42 bits per heavy atom. The lowest BCUT2D eigenvalue weighted by Gasteiger charge is -2.23. The quantitative estimate of drug-likeness (QED) is 0.861. The highest BCUT2D eigenvalue weighted by Crippen LogP contribution is 2.30. The van der Waals surface area contributed by atoms with Crippen molar-refractivity contribution in [3.63, 3.8) is 0 Å². The van der Waals surface area contributed by atoms with Crippen molar-refractivity contribution in [1.82, 2.24) is 0 Å². The summed E-state index contributed by atoms with van der Waals surface area (Å²) in [4.78, 5) is 24.4. The molecule has 102 valence electrons. The first-order valence-electron chi connectivity index (χ1n) is 6.17. The lowest BCUT2D eigenvalue weighted by atomic mass is 10.1. The van der Waals surface area contributed by atoms with Crippen LogP contribution in [0.15, 0.2) is 18.2 Å². The summed E-state index contributed by atoms with van der Waals surface area (Å²) in [6.45, 7) is 3.83. The van der Waals surface area contributed by atoms with E-state index in [1.807, 2.05) is 0 Å². The van der Waals surface area contributed by atoms with Gasteiger partial charge in [-0.2, -0.15) is 0 Å². The van der Waals surface area contributed by atoms with Crippen molar-refractivity contribution >= 4 is 17.6 Å². The van der Waals surface area contributed by atoms with E-state index in [4.69, 9.17) is 5.11 Å². The molecule has 19 heavy (non-hydrogen) atoms. The number of hydrogen-bond acceptors (Lipinski definition) is 3. The molecule has 1 aliphatic rings. The van der Waals surface area contributed by atoms with Gasteiger partial charge in [-0.3, -0.25) is 4.79 Å². The third kappa shape index (κ3) is 2.93. The van der Waals surface area contributed by atoms with Crippen LogP contribution in [0.5, 0.6) is 0 Å². The molecule has 0 aliphatic carbocycles. The Morgan fingerprint density at radius 3 is 2.68 bits per heavy atom. The van der Waals surface area contributed by atoms with Gasteiger partial charge in [-0.15, -0.1) is 0 Å². The molecule has 1 aliphatic heterocycles. The van der Waals surface area contributed by atoms with Crippen LogP contribution < -0.4 is 4.90 Å². The fourth-order valence-corrected chi connectivity index (χ4v) is 2.15. The predicted octanol–water partition coefficient (Wildman–Crippen LogP) is 1.43. The Labute approximate surface area is 111 Å². The summed E-state index contributed by atoms with van der Waals surface area (Å²) in [7, 11) is 0. The van der Waals surface area contributed by atoms with Crippen LogP contribution in [0.4, 0.5) is 5.69 Å². The predicted molar refractivity (Wildman–Crippen MR) is 70.4 cm³/mol. The number of anilines is 1. The van der Waals surface area contributed by atoms with E-state index in [0.29, 0.717) is 13.0 Å². The fourth-order valence-electron chi connectivity index (χ4n) is 2.15. The van der Waals surface area contributed by atoms with Gasteiger partial charge in [-0.05, 0) is 44.0 Å². The highest BCUT2D eigenvalue weighted by Gasteiger charge is 2.29. The maximum absolute atomic E-state index is 11.9. The molecule has 5 nitrogen and oxygen atoms in total. The molecule has 1 aromatic carbocycles. The van der Waals surface area contributed by atoms with Crippen LogP contribution in [-0.2, 0) is 11.2 Å². The maximum atomic E-state index is 11.9. The number of aromatic carboxylic acids is 1. The molecular weight excluding hydrogens is 246 g/mol. The smallest absolute Gasteiger partial charge is 0.335 e. The Morgan fingerprint density at radius 2 is 2.11 bits per heavy atom. The Balaban J connectivity index is 2.22. The molecule has 0 saturated carbocycles. The highest BCUT2D eigenvalue weighted by atomic mass is 16.4. The van der Waals surface area contributed by atoms with Crippen LogP contribution >= 0.6 is 0 Å². The SMILES string of the molecule is CC(C)(O)CCN1C(=O)Cc2cc(C(=O)O)ccc21. The van der Waals surface area contributed by atoms with E-state index in [9.17, 15) is 14.7 Å². The van der Waals surface area contributed by atoms with Gasteiger partial charge in [0.05, 0.1) is 17.6 Å². The lowest BCUT2D eigenvalue weighted by molar-refractivity contribution is -0.117. The molecule has 0 fully saturated rings. The van der Waals surface area contributed by atoms with Crippen LogP contribution in [0.3, 0.4) is 0 Å². The number of rotatable bonds is 4. The number of aliphatic hydroxyl groups is 1. The van der Waals surface area contributed by atoms with Crippen molar-refractivity contribution in [1.29, 1.82) is 0 Å². The molecule has 1 amide bonds. The third-order valence-electron chi connectivity index (χ3n) is 3.21. The van der Waals surface area contributed by atoms with Crippen LogP contribution in [0.2, 0.25) is 0 Å². The van der Waals surface area contributed by atoms with Gasteiger partial charge in [0.1, 0.15) is 0 Å². The van der Waals surface area contributed by atoms with Crippen molar-refractivity contribution in [2.45, 2.75) is 32.3 Å². The molecular formula is C14H17NO4. The molecule has 0 aromatic heterocycles. The fraction of sp³-hybridized carbons (Fsp3) is 0.429. The number of carboxylic acids is 1. The molecule has 0 bridgehead atoms. The van der Waals surface area contributed by atoms with Gasteiger partial charge in [-0.1, -0.05) is 0 Å². The largest absolute Gasteiger partial charge is 0.478 e. The summed E-state index contributed by atoms with van der Waals surface area (Å²) in [6, 6.07) is 4.70. The van der Waals surface area contributed by atoms with Gasteiger partial charge in [0.2, 0.25) is 5.91 Å². The summed E-state index contributed by atoms with van der Waals surface area (Å²) >= 11 is 0. The van der Waals surface area contributed by atoms with Gasteiger partial charge < -0.3 is 15.1 Å². The van der Waals surface area contributed by atoms with Crippen molar-refractivity contribution < 1.29 is 19.8 Å². The first kappa shape index (κ1) is 13.5. The summed E-state index contributed by atoms with van der Waals surface area (Å²) < 4.78 is 0. The average Bonchev–Trinajstić information content (AvgIpc) is 2.59. The second-order valence-corrected chi connectivity index (χ2v) is 5.43. The zero-order valence-corrected chi connectivity index (χ0v) is 11.0. The first-order valence-corrected chi connectivity index (χ1v) is 6.17. The molecule has 0 saturated heterocycles. The minimum Gasteiger partial charge on any atom is -0.478 e. The third-order valence-corrected chi connectivity index (χ3v) is 3.21. The van der Waals surface area contributed by atoms with Gasteiger partial charge in [0.15, 0.2) is 0 Å². The van der Waals surface area contributed by atoms with Gasteiger partial charge >= 0.3 is 5.97 Å². The number of carbonyl (C=O) groups excluding carboxylic acids is 1. The Kier molecular flexibility index (Phi) is 3.32. The monoisotopic (exact) mass is 263 g/mol. The number of carbonyl (C=O) groups is 2. The molecule has 5 heteroatoms. The van der Waals surface area contributed by atoms with Crippen molar-refractivity contribution in [2.75, 3.05) is 11.4 Å². The minimum atomic E-state index is -0.995. The zero-order chi connectivity index (χ0) is 14.2. The van der Waals surface area contributed by atoms with E-state index in [-0.39, 0.29) is 17.9 Å². The van der Waals surface area contributed by atoms with E-state index >= 15 is 0 Å². The molecule has 0 atom stereocenters. The van der Waals surface area contributed by atoms with Gasteiger partial charge in [0.25, 0.3) is 0 Å². The number of carboxylic acid groups (broad SMARTS) is 1. The minimum absolute atomic E-state index is 0.0539. The maximum Gasteiger partial charge on any atom is 0.335 e. The number of amides is 1. The van der Waals surface area contributed by atoms with Crippen LogP contribution in [0.1, 0.15) is 36.2 Å². The summed E-state index contributed by atoms with van der Waals surface area (Å²) in [5.74, 6) is -1.05. The standard InChI is InChI=1S/C14H17NO4/c1-14(2,19)5-6-15-11-4-3-9(13(17)18)7-10(11)8-12(15)16/h3-4,7,19H,5-6,8H2,1-2H3,(H,17,18). The Bertz CT molecular complexity index is 531. The normalized spacial score (nSPS) is 14.7. The second kappa shape index (κ2) is 4.66. The molecule has 1 heterocycles. The highest BCUT2D eigenvalue weighted by molar-refractivity contribution is 6.02. The van der Waals surface area contributed by atoms with E-state index in [0.717, 1.165) is 11.3 Å². The van der Waals surface area contributed by atoms with Crippen molar-refractivity contribution in [2.24, 2.45) is 0 Å². The molecule has 2 rings (SSSR count). The summed E-state index contributed by atoms with van der Waals surface area (Å²) in [6.07, 6.45) is 0.696. The summed E-state index contributed by atoms with van der Waals surface area (Å²) in [5.41, 5.74) is 0.847. The molecule has 0 spiro atoms. The van der Waals surface area contributed by atoms with Crippen LogP contribution in [0.25, 0.3) is 0 Å². The molecule has 0 unspecified atom stereocenters. The number of nitrogens with zero attached hydrogens (tertiary/aromatic N) is 1. The summed E-state index contributed by atoms with van der Waals surface area (Å²) in [5, 5.41) is 18.6. The number of fused-ring (bicyclic) bond motifs is 1. The zero-order valence-electron chi connectivity index (χ0n) is 11.0. The number of benzene rings is 1. The molecule has 0 radical (unpaired) electrons.